The van der Waals surface area contributed by atoms with Gasteiger partial charge in [0.1, 0.15) is 6.04 Å². The maximum atomic E-state index is 11.8. The lowest BCUT2D eigenvalue weighted by atomic mass is 10.1. The highest BCUT2D eigenvalue weighted by Gasteiger charge is 2.20. The van der Waals surface area contributed by atoms with E-state index in [0.29, 0.717) is 6.42 Å². The quantitative estimate of drug-likeness (QED) is 0.678. The van der Waals surface area contributed by atoms with E-state index < -0.39 is 0 Å². The van der Waals surface area contributed by atoms with Crippen LogP contribution in [0.25, 0.3) is 0 Å². The Kier molecular flexibility index (Phi) is 4.10. The van der Waals surface area contributed by atoms with Gasteiger partial charge in [0.2, 0.25) is 0 Å². The first-order valence-corrected chi connectivity index (χ1v) is 6.13. The molecule has 0 saturated carbocycles. The van der Waals surface area contributed by atoms with E-state index in [1.807, 2.05) is 53.4 Å². The molecule has 0 aliphatic heterocycles. The fraction of sp³-hybridized carbons (Fsp3) is 0.214. The maximum absolute atomic E-state index is 11.8. The molecule has 0 saturated heterocycles. The second kappa shape index (κ2) is 5.78. The van der Waals surface area contributed by atoms with E-state index >= 15 is 0 Å². The molecule has 0 amide bonds. The van der Waals surface area contributed by atoms with Gasteiger partial charge in [0.25, 0.3) is 0 Å². The molecule has 0 aliphatic rings. The van der Waals surface area contributed by atoms with Gasteiger partial charge >= 0.3 is 5.97 Å². The average molecular weight is 261 g/mol. The molecule has 4 heteroatoms. The first-order chi connectivity index (χ1) is 8.70. The summed E-state index contributed by atoms with van der Waals surface area (Å²) >= 11 is 4.24. The van der Waals surface area contributed by atoms with Crippen molar-refractivity contribution in [3.8, 4) is 0 Å². The lowest BCUT2D eigenvalue weighted by Crippen LogP contribution is -2.22. The van der Waals surface area contributed by atoms with E-state index in [1.54, 1.807) is 0 Å². The van der Waals surface area contributed by atoms with Crippen LogP contribution in [0.2, 0.25) is 0 Å². The van der Waals surface area contributed by atoms with Gasteiger partial charge in [-0.05, 0) is 29.8 Å². The number of hydrogen-bond acceptors (Lipinski definition) is 3. The molecule has 0 radical (unpaired) electrons. The van der Waals surface area contributed by atoms with Gasteiger partial charge in [-0.15, -0.1) is 12.6 Å². The molecule has 18 heavy (non-hydrogen) atoms. The second-order valence-corrected chi connectivity index (χ2v) is 4.56. The smallest absolute Gasteiger partial charge is 0.329 e. The number of esters is 1. The van der Waals surface area contributed by atoms with Crippen molar-refractivity contribution in [2.75, 3.05) is 7.11 Å². The number of nitrogens with zero attached hydrogens (tertiary/aromatic N) is 1. The molecule has 1 atom stereocenters. The Morgan fingerprint density at radius 1 is 1.28 bits per heavy atom. The van der Waals surface area contributed by atoms with Crippen molar-refractivity contribution in [2.24, 2.45) is 0 Å². The number of hydrogen-bond donors (Lipinski definition) is 1. The van der Waals surface area contributed by atoms with Crippen LogP contribution in [-0.4, -0.2) is 17.6 Å². The van der Waals surface area contributed by atoms with Crippen molar-refractivity contribution in [2.45, 2.75) is 17.4 Å². The highest BCUT2D eigenvalue weighted by atomic mass is 32.1. The van der Waals surface area contributed by atoms with Crippen LogP contribution in [0.5, 0.6) is 0 Å². The van der Waals surface area contributed by atoms with Crippen LogP contribution >= 0.6 is 12.6 Å². The molecule has 1 heterocycles. The van der Waals surface area contributed by atoms with Gasteiger partial charge in [0.15, 0.2) is 0 Å². The molecule has 1 aromatic carbocycles. The summed E-state index contributed by atoms with van der Waals surface area (Å²) in [5.41, 5.74) is 1.08. The molecule has 0 N–H and O–H groups in total. The van der Waals surface area contributed by atoms with Crippen LogP contribution in [-0.2, 0) is 16.0 Å². The monoisotopic (exact) mass is 261 g/mol. The van der Waals surface area contributed by atoms with E-state index in [0.717, 1.165) is 10.5 Å². The van der Waals surface area contributed by atoms with Gasteiger partial charge in [-0.2, -0.15) is 0 Å². The van der Waals surface area contributed by atoms with Crippen molar-refractivity contribution >= 4 is 18.6 Å². The van der Waals surface area contributed by atoms with E-state index in [9.17, 15) is 4.79 Å². The van der Waals surface area contributed by atoms with Crippen LogP contribution in [0.3, 0.4) is 0 Å². The SMILES string of the molecule is COC(=O)C(Cc1ccc(S)cc1)n1cccc1. The minimum Gasteiger partial charge on any atom is -0.467 e. The summed E-state index contributed by atoms with van der Waals surface area (Å²) in [7, 11) is 1.41. The molecule has 0 bridgehead atoms. The first-order valence-electron chi connectivity index (χ1n) is 5.69. The Hall–Kier alpha value is -1.68. The molecule has 0 fully saturated rings. The molecule has 3 nitrogen and oxygen atoms in total. The zero-order valence-corrected chi connectivity index (χ0v) is 11.0. The molecule has 1 unspecified atom stereocenters. The lowest BCUT2D eigenvalue weighted by molar-refractivity contribution is -0.144. The van der Waals surface area contributed by atoms with Crippen molar-refractivity contribution in [1.29, 1.82) is 0 Å². The van der Waals surface area contributed by atoms with E-state index in [2.05, 4.69) is 12.6 Å². The van der Waals surface area contributed by atoms with Crippen LogP contribution in [0, 0.1) is 0 Å². The Labute approximate surface area is 112 Å². The molecule has 1 aromatic heterocycles. The number of ether oxygens (including phenoxy) is 1. The van der Waals surface area contributed by atoms with Crippen molar-refractivity contribution < 1.29 is 9.53 Å². The Morgan fingerprint density at radius 2 is 1.89 bits per heavy atom. The highest BCUT2D eigenvalue weighted by molar-refractivity contribution is 7.80. The van der Waals surface area contributed by atoms with Gasteiger partial charge < -0.3 is 9.30 Å². The number of rotatable bonds is 4. The van der Waals surface area contributed by atoms with Crippen LogP contribution < -0.4 is 0 Å². The van der Waals surface area contributed by atoms with Crippen molar-refractivity contribution in [1.82, 2.24) is 4.57 Å². The molecule has 0 spiro atoms. The van der Waals surface area contributed by atoms with Crippen LogP contribution in [0.15, 0.2) is 53.7 Å². The molecular formula is C14H15NO2S. The maximum Gasteiger partial charge on any atom is 0.329 e. The minimum absolute atomic E-state index is 0.235. The first kappa shape index (κ1) is 12.8. The van der Waals surface area contributed by atoms with Crippen LogP contribution in [0.4, 0.5) is 0 Å². The molecular weight excluding hydrogens is 246 g/mol. The second-order valence-electron chi connectivity index (χ2n) is 4.04. The molecule has 94 valence electrons. The number of methoxy groups -OCH3 is 1. The zero-order chi connectivity index (χ0) is 13.0. The summed E-state index contributed by atoms with van der Waals surface area (Å²) < 4.78 is 6.72. The number of benzene rings is 1. The normalized spacial score (nSPS) is 12.1. The van der Waals surface area contributed by atoms with Gasteiger partial charge in [0, 0.05) is 23.7 Å². The van der Waals surface area contributed by atoms with Crippen molar-refractivity contribution in [3.63, 3.8) is 0 Å². The summed E-state index contributed by atoms with van der Waals surface area (Å²) in [5, 5.41) is 0. The lowest BCUT2D eigenvalue weighted by Gasteiger charge is -2.16. The molecule has 0 aliphatic carbocycles. The number of aromatic nitrogens is 1. The Balaban J connectivity index is 2.20. The number of carbonyl (C=O) groups is 1. The van der Waals surface area contributed by atoms with Gasteiger partial charge in [-0.3, -0.25) is 0 Å². The van der Waals surface area contributed by atoms with Gasteiger partial charge in [-0.1, -0.05) is 12.1 Å². The molecule has 2 aromatic rings. The third-order valence-corrected chi connectivity index (χ3v) is 3.12. The van der Waals surface area contributed by atoms with Crippen molar-refractivity contribution in [3.05, 3.63) is 54.4 Å². The third kappa shape index (κ3) is 2.96. The summed E-state index contributed by atoms with van der Waals surface area (Å²) in [4.78, 5) is 12.7. The topological polar surface area (TPSA) is 31.2 Å². The summed E-state index contributed by atoms with van der Waals surface area (Å²) in [6.07, 6.45) is 4.35. The van der Waals surface area contributed by atoms with E-state index in [-0.39, 0.29) is 12.0 Å². The summed E-state index contributed by atoms with van der Waals surface area (Å²) in [5.74, 6) is -0.235. The third-order valence-electron chi connectivity index (χ3n) is 2.83. The standard InChI is InChI=1S/C14H15NO2S/c1-17-14(16)13(15-8-2-3-9-15)10-11-4-6-12(18)7-5-11/h2-9,13,18H,10H2,1H3. The minimum atomic E-state index is -0.323. The van der Waals surface area contributed by atoms with E-state index in [4.69, 9.17) is 4.74 Å². The summed E-state index contributed by atoms with van der Waals surface area (Å²) in [6.45, 7) is 0. The fourth-order valence-electron chi connectivity index (χ4n) is 1.86. The Morgan fingerprint density at radius 3 is 2.44 bits per heavy atom. The highest BCUT2D eigenvalue weighted by Crippen LogP contribution is 2.17. The summed E-state index contributed by atoms with van der Waals surface area (Å²) in [6, 6.07) is 11.3. The van der Waals surface area contributed by atoms with E-state index in [1.165, 1.54) is 7.11 Å². The predicted molar refractivity (Wildman–Crippen MR) is 72.9 cm³/mol. The van der Waals surface area contributed by atoms with Gasteiger partial charge in [0.05, 0.1) is 7.11 Å². The van der Waals surface area contributed by atoms with Crippen LogP contribution in [0.1, 0.15) is 11.6 Å². The number of carbonyl (C=O) groups excluding carboxylic acids is 1. The van der Waals surface area contributed by atoms with Gasteiger partial charge in [-0.25, -0.2) is 4.79 Å². The Bertz CT molecular complexity index is 505. The zero-order valence-electron chi connectivity index (χ0n) is 10.1. The average Bonchev–Trinajstić information content (AvgIpc) is 2.91. The number of thiol groups is 1. The predicted octanol–water partition coefficient (Wildman–Crippen LogP) is 2.73. The molecule has 2 rings (SSSR count). The fourth-order valence-corrected chi connectivity index (χ4v) is 2.01. The largest absolute Gasteiger partial charge is 0.467 e.